The standard InChI is InChI=1S/C20H22ClN3OS/c1-3-24(4-2)12-13-25-23-20-22-19(15-8-6-5-7-9-15)17-14-16(21)10-11-18(17)26-20/h5-11,14H,3-4,12-13H2,1-2H3. The molecule has 0 unspecified atom stereocenters. The molecule has 6 heteroatoms. The summed E-state index contributed by atoms with van der Waals surface area (Å²) in [4.78, 5) is 13.2. The lowest BCUT2D eigenvalue weighted by Gasteiger charge is -2.16. The van der Waals surface area contributed by atoms with Crippen LogP contribution >= 0.6 is 22.9 Å². The molecule has 0 aliphatic carbocycles. The summed E-state index contributed by atoms with van der Waals surface area (Å²) < 4.78 is 1.08. The van der Waals surface area contributed by atoms with Gasteiger partial charge >= 0.3 is 0 Å². The number of aromatic nitrogens is 1. The van der Waals surface area contributed by atoms with Crippen LogP contribution in [0.4, 0.5) is 0 Å². The van der Waals surface area contributed by atoms with E-state index in [1.165, 1.54) is 11.3 Å². The summed E-state index contributed by atoms with van der Waals surface area (Å²) in [5.74, 6) is 0. The van der Waals surface area contributed by atoms with Gasteiger partial charge in [0.2, 0.25) is 4.80 Å². The van der Waals surface area contributed by atoms with E-state index in [1.54, 1.807) is 0 Å². The maximum Gasteiger partial charge on any atom is 0.248 e. The molecule has 0 amide bonds. The molecule has 136 valence electrons. The lowest BCUT2D eigenvalue weighted by molar-refractivity contribution is 0.106. The third-order valence-electron chi connectivity index (χ3n) is 4.19. The third kappa shape index (κ3) is 4.61. The molecule has 0 radical (unpaired) electrons. The van der Waals surface area contributed by atoms with Gasteiger partial charge in [0.05, 0.1) is 5.69 Å². The second-order valence-electron chi connectivity index (χ2n) is 5.80. The van der Waals surface area contributed by atoms with Crippen LogP contribution in [0.1, 0.15) is 13.8 Å². The van der Waals surface area contributed by atoms with Crippen LogP contribution in [0.2, 0.25) is 5.02 Å². The Morgan fingerprint density at radius 1 is 1.12 bits per heavy atom. The second-order valence-corrected chi connectivity index (χ2v) is 7.25. The van der Waals surface area contributed by atoms with Crippen molar-refractivity contribution in [1.29, 1.82) is 0 Å². The normalized spacial score (nSPS) is 12.1. The summed E-state index contributed by atoms with van der Waals surface area (Å²) in [7, 11) is 0. The van der Waals surface area contributed by atoms with Gasteiger partial charge in [-0.05, 0) is 31.3 Å². The van der Waals surface area contributed by atoms with Crippen molar-refractivity contribution >= 4 is 33.0 Å². The van der Waals surface area contributed by atoms with E-state index in [9.17, 15) is 0 Å². The molecule has 0 aliphatic rings. The van der Waals surface area contributed by atoms with Crippen molar-refractivity contribution in [2.75, 3.05) is 26.2 Å². The number of fused-ring (bicyclic) bond motifs is 1. The molecule has 3 rings (SSSR count). The lowest BCUT2D eigenvalue weighted by atomic mass is 10.1. The van der Waals surface area contributed by atoms with Crippen molar-refractivity contribution in [3.63, 3.8) is 0 Å². The molecule has 0 atom stereocenters. The number of hydrogen-bond donors (Lipinski definition) is 0. The molecule has 26 heavy (non-hydrogen) atoms. The average molecular weight is 388 g/mol. The largest absolute Gasteiger partial charge is 0.392 e. The minimum Gasteiger partial charge on any atom is -0.392 e. The highest BCUT2D eigenvalue weighted by Crippen LogP contribution is 2.29. The minimum absolute atomic E-state index is 0.551. The van der Waals surface area contributed by atoms with Crippen molar-refractivity contribution < 1.29 is 4.84 Å². The summed E-state index contributed by atoms with van der Waals surface area (Å²) in [6.45, 7) is 7.71. The van der Waals surface area contributed by atoms with Gasteiger partial charge < -0.3 is 9.74 Å². The highest BCUT2D eigenvalue weighted by molar-refractivity contribution is 7.16. The lowest BCUT2D eigenvalue weighted by Crippen LogP contribution is -2.26. The van der Waals surface area contributed by atoms with Crippen LogP contribution in [0.15, 0.2) is 53.7 Å². The summed E-state index contributed by atoms with van der Waals surface area (Å²) in [6, 6.07) is 15.9. The molecule has 0 N–H and O–H groups in total. The van der Waals surface area contributed by atoms with Gasteiger partial charge in [-0.1, -0.05) is 72.3 Å². The predicted octanol–water partition coefficient (Wildman–Crippen LogP) is 4.79. The first-order valence-corrected chi connectivity index (χ1v) is 9.95. The summed E-state index contributed by atoms with van der Waals surface area (Å²) in [5, 5.41) is 5.98. The number of halogens is 1. The number of rotatable bonds is 7. The molecule has 0 bridgehead atoms. The van der Waals surface area contributed by atoms with Crippen molar-refractivity contribution in [3.05, 3.63) is 58.4 Å². The van der Waals surface area contributed by atoms with Crippen molar-refractivity contribution in [3.8, 4) is 11.3 Å². The summed E-state index contributed by atoms with van der Waals surface area (Å²) in [6.07, 6.45) is 0. The number of nitrogens with zero attached hydrogens (tertiary/aromatic N) is 3. The number of benzene rings is 2. The molecule has 0 saturated carbocycles. The molecule has 1 aromatic heterocycles. The SMILES string of the molecule is CCN(CC)CCON=c1nc(-c2ccccc2)c2cc(Cl)ccc2s1. The Balaban J connectivity index is 1.94. The fourth-order valence-electron chi connectivity index (χ4n) is 2.72. The molecule has 0 spiro atoms. The molecule has 0 aliphatic heterocycles. The minimum atomic E-state index is 0.551. The first-order chi connectivity index (χ1) is 12.7. The second kappa shape index (κ2) is 9.12. The smallest absolute Gasteiger partial charge is 0.248 e. The Morgan fingerprint density at radius 2 is 1.88 bits per heavy atom. The van der Waals surface area contributed by atoms with Gasteiger partial charge in [0.1, 0.15) is 6.61 Å². The van der Waals surface area contributed by atoms with Gasteiger partial charge in [-0.2, -0.15) is 0 Å². The van der Waals surface area contributed by atoms with Crippen LogP contribution in [0, 0.1) is 0 Å². The van der Waals surface area contributed by atoms with E-state index in [4.69, 9.17) is 21.4 Å². The Bertz CT molecular complexity index is 923. The van der Waals surface area contributed by atoms with Gasteiger partial charge in [0.15, 0.2) is 0 Å². The molecule has 1 heterocycles. The van der Waals surface area contributed by atoms with E-state index in [0.29, 0.717) is 16.4 Å². The highest BCUT2D eigenvalue weighted by Gasteiger charge is 2.08. The zero-order valence-corrected chi connectivity index (χ0v) is 16.6. The van der Waals surface area contributed by atoms with Crippen LogP contribution < -0.4 is 4.80 Å². The highest BCUT2D eigenvalue weighted by atomic mass is 35.5. The third-order valence-corrected chi connectivity index (χ3v) is 5.35. The Morgan fingerprint density at radius 3 is 2.62 bits per heavy atom. The number of hydrogen-bond acceptors (Lipinski definition) is 5. The predicted molar refractivity (Wildman–Crippen MR) is 109 cm³/mol. The molecular weight excluding hydrogens is 366 g/mol. The molecule has 3 aromatic rings. The quantitative estimate of drug-likeness (QED) is 0.432. The zero-order chi connectivity index (χ0) is 18.4. The Hall–Kier alpha value is -1.95. The monoisotopic (exact) mass is 387 g/mol. The van der Waals surface area contributed by atoms with Crippen LogP contribution in [0.5, 0.6) is 0 Å². The van der Waals surface area contributed by atoms with Crippen molar-refractivity contribution in [2.45, 2.75) is 13.8 Å². The fourth-order valence-corrected chi connectivity index (χ4v) is 3.72. The number of likely N-dealkylation sites (N-methyl/N-ethyl adjacent to an activating group) is 1. The van der Waals surface area contributed by atoms with Crippen LogP contribution in [-0.4, -0.2) is 36.1 Å². The molecule has 0 saturated heterocycles. The van der Waals surface area contributed by atoms with E-state index < -0.39 is 0 Å². The molecule has 2 aromatic carbocycles. The molecular formula is C20H22ClN3OS. The van der Waals surface area contributed by atoms with Gasteiger partial charge in [-0.15, -0.1) is 0 Å². The molecule has 4 nitrogen and oxygen atoms in total. The van der Waals surface area contributed by atoms with E-state index >= 15 is 0 Å². The van der Waals surface area contributed by atoms with Crippen LogP contribution in [0.3, 0.4) is 0 Å². The van der Waals surface area contributed by atoms with E-state index in [0.717, 1.165) is 41.0 Å². The van der Waals surface area contributed by atoms with E-state index in [2.05, 4.69) is 23.9 Å². The average Bonchev–Trinajstić information content (AvgIpc) is 2.68. The van der Waals surface area contributed by atoms with Gasteiger partial charge in [0, 0.05) is 27.2 Å². The molecule has 0 fully saturated rings. The first-order valence-electron chi connectivity index (χ1n) is 8.75. The van der Waals surface area contributed by atoms with Crippen molar-refractivity contribution in [1.82, 2.24) is 9.88 Å². The topological polar surface area (TPSA) is 37.7 Å². The maximum atomic E-state index is 6.20. The fraction of sp³-hybridized carbons (Fsp3) is 0.300. The zero-order valence-electron chi connectivity index (χ0n) is 15.0. The van der Waals surface area contributed by atoms with E-state index in [-0.39, 0.29) is 0 Å². The summed E-state index contributed by atoms with van der Waals surface area (Å²) >= 11 is 7.70. The Kier molecular flexibility index (Phi) is 6.61. The van der Waals surface area contributed by atoms with Crippen LogP contribution in [-0.2, 0) is 4.84 Å². The summed E-state index contributed by atoms with van der Waals surface area (Å²) in [5.41, 5.74) is 1.90. The van der Waals surface area contributed by atoms with Gasteiger partial charge in [-0.3, -0.25) is 0 Å². The van der Waals surface area contributed by atoms with Crippen molar-refractivity contribution in [2.24, 2.45) is 5.16 Å². The van der Waals surface area contributed by atoms with E-state index in [1.807, 2.05) is 48.5 Å². The Labute approximate surface area is 162 Å². The van der Waals surface area contributed by atoms with Crippen LogP contribution in [0.25, 0.3) is 21.3 Å². The maximum absolute atomic E-state index is 6.20. The first kappa shape index (κ1) is 18.8. The van der Waals surface area contributed by atoms with Gasteiger partial charge in [0.25, 0.3) is 0 Å². The van der Waals surface area contributed by atoms with Gasteiger partial charge in [-0.25, -0.2) is 4.98 Å².